The van der Waals surface area contributed by atoms with Crippen LogP contribution in [-0.4, -0.2) is 11.9 Å². The maximum absolute atomic E-state index is 6.10. The number of amidine groups is 1. The maximum Gasteiger partial charge on any atom is 0.105 e. The molecule has 1 aromatic carbocycles. The van der Waals surface area contributed by atoms with Crippen LogP contribution < -0.4 is 5.73 Å². The number of nitrogens with zero attached hydrogens (tertiary/aromatic N) is 1. The van der Waals surface area contributed by atoms with Gasteiger partial charge in [-0.2, -0.15) is 0 Å². The molecule has 1 aliphatic rings. The van der Waals surface area contributed by atoms with E-state index in [1.807, 2.05) is 6.07 Å². The van der Waals surface area contributed by atoms with Gasteiger partial charge in [-0.3, -0.25) is 4.99 Å². The predicted molar refractivity (Wildman–Crippen MR) is 64.1 cm³/mol. The molecule has 2 N–H and O–H groups in total. The molecule has 0 spiro atoms. The number of nitrogens with two attached hydrogens (primary N) is 1. The summed E-state index contributed by atoms with van der Waals surface area (Å²) in [5, 5.41) is 0. The summed E-state index contributed by atoms with van der Waals surface area (Å²) < 4.78 is 0. The molecule has 0 amide bonds. The molecule has 1 aliphatic carbocycles. The lowest BCUT2D eigenvalue weighted by Gasteiger charge is -2.16. The van der Waals surface area contributed by atoms with Crippen LogP contribution in [0, 0.1) is 0 Å². The van der Waals surface area contributed by atoms with Gasteiger partial charge >= 0.3 is 0 Å². The molecule has 0 aliphatic heterocycles. The van der Waals surface area contributed by atoms with E-state index in [1.165, 1.54) is 5.56 Å². The van der Waals surface area contributed by atoms with Gasteiger partial charge in [0.05, 0.1) is 5.41 Å². The molecule has 1 fully saturated rings. The van der Waals surface area contributed by atoms with E-state index < -0.39 is 0 Å². The Labute approximate surface area is 91.2 Å². The van der Waals surface area contributed by atoms with Crippen LogP contribution >= 0.6 is 0 Å². The average molecular weight is 202 g/mol. The standard InChI is InChI=1S/C13H18N2/c1-10(2)15-12(14)13(8-9-13)11-6-4-3-5-7-11/h3-7,10H,8-9H2,1-2H3,(H2,14,15). The molecule has 2 nitrogen and oxygen atoms in total. The first-order valence-electron chi connectivity index (χ1n) is 5.54. The van der Waals surface area contributed by atoms with E-state index in [4.69, 9.17) is 5.73 Å². The zero-order chi connectivity index (χ0) is 10.9. The van der Waals surface area contributed by atoms with E-state index >= 15 is 0 Å². The summed E-state index contributed by atoms with van der Waals surface area (Å²) >= 11 is 0. The molecule has 0 heterocycles. The van der Waals surface area contributed by atoms with Gasteiger partial charge in [-0.05, 0) is 32.3 Å². The summed E-state index contributed by atoms with van der Waals surface area (Å²) in [7, 11) is 0. The lowest BCUT2D eigenvalue weighted by atomic mass is 9.95. The molecule has 0 atom stereocenters. The van der Waals surface area contributed by atoms with Gasteiger partial charge in [0.15, 0.2) is 0 Å². The minimum atomic E-state index is 0.0610. The van der Waals surface area contributed by atoms with E-state index in [-0.39, 0.29) is 11.5 Å². The monoisotopic (exact) mass is 202 g/mol. The van der Waals surface area contributed by atoms with Crippen molar-refractivity contribution in [3.63, 3.8) is 0 Å². The lowest BCUT2D eigenvalue weighted by molar-refractivity contribution is 0.805. The van der Waals surface area contributed by atoms with E-state index in [9.17, 15) is 0 Å². The molecule has 0 saturated heterocycles. The SMILES string of the molecule is CC(C)N=C(N)C1(c2ccccc2)CC1. The van der Waals surface area contributed by atoms with Crippen LogP contribution in [0.3, 0.4) is 0 Å². The van der Waals surface area contributed by atoms with Crippen LogP contribution in [-0.2, 0) is 5.41 Å². The van der Waals surface area contributed by atoms with Gasteiger partial charge in [-0.15, -0.1) is 0 Å². The number of benzene rings is 1. The number of rotatable bonds is 3. The molecule has 0 unspecified atom stereocenters. The lowest BCUT2D eigenvalue weighted by Crippen LogP contribution is -2.30. The Bertz CT molecular complexity index is 361. The van der Waals surface area contributed by atoms with Gasteiger partial charge in [0.25, 0.3) is 0 Å². The fourth-order valence-corrected chi connectivity index (χ4v) is 1.98. The van der Waals surface area contributed by atoms with Crippen molar-refractivity contribution in [2.75, 3.05) is 0 Å². The molecule has 0 radical (unpaired) electrons. The Morgan fingerprint density at radius 3 is 2.33 bits per heavy atom. The van der Waals surface area contributed by atoms with Crippen molar-refractivity contribution in [3.8, 4) is 0 Å². The van der Waals surface area contributed by atoms with Crippen molar-refractivity contribution in [2.24, 2.45) is 10.7 Å². The summed E-state index contributed by atoms with van der Waals surface area (Å²) in [6.45, 7) is 4.13. The Balaban J connectivity index is 2.29. The molecule has 0 aromatic heterocycles. The Hall–Kier alpha value is -1.31. The van der Waals surface area contributed by atoms with Crippen molar-refractivity contribution in [1.82, 2.24) is 0 Å². The fraction of sp³-hybridized carbons (Fsp3) is 0.462. The highest BCUT2D eigenvalue weighted by molar-refractivity contribution is 5.94. The van der Waals surface area contributed by atoms with Crippen LogP contribution in [0.2, 0.25) is 0 Å². The summed E-state index contributed by atoms with van der Waals surface area (Å²) in [5.41, 5.74) is 7.47. The van der Waals surface area contributed by atoms with Gasteiger partial charge in [-0.25, -0.2) is 0 Å². The molecule has 2 heteroatoms. The van der Waals surface area contributed by atoms with Crippen molar-refractivity contribution in [1.29, 1.82) is 0 Å². The molecule has 1 saturated carbocycles. The van der Waals surface area contributed by atoms with E-state index in [1.54, 1.807) is 0 Å². The van der Waals surface area contributed by atoms with Crippen LogP contribution in [0.5, 0.6) is 0 Å². The van der Waals surface area contributed by atoms with Gasteiger partial charge in [0.2, 0.25) is 0 Å². The van der Waals surface area contributed by atoms with Crippen LogP contribution in [0.4, 0.5) is 0 Å². The third-order valence-corrected chi connectivity index (χ3v) is 2.96. The Morgan fingerprint density at radius 1 is 1.27 bits per heavy atom. The fourth-order valence-electron chi connectivity index (χ4n) is 1.98. The first-order valence-corrected chi connectivity index (χ1v) is 5.54. The molecule has 0 bridgehead atoms. The minimum Gasteiger partial charge on any atom is -0.387 e. The molecular formula is C13H18N2. The Kier molecular flexibility index (Phi) is 2.51. The predicted octanol–water partition coefficient (Wildman–Crippen LogP) is 2.48. The maximum atomic E-state index is 6.10. The van der Waals surface area contributed by atoms with Crippen molar-refractivity contribution in [3.05, 3.63) is 35.9 Å². The minimum absolute atomic E-state index is 0.0610. The zero-order valence-corrected chi connectivity index (χ0v) is 9.40. The number of hydrogen-bond acceptors (Lipinski definition) is 1. The van der Waals surface area contributed by atoms with E-state index in [0.29, 0.717) is 0 Å². The molecule has 80 valence electrons. The molecule has 1 aromatic rings. The smallest absolute Gasteiger partial charge is 0.105 e. The van der Waals surface area contributed by atoms with Crippen LogP contribution in [0.15, 0.2) is 35.3 Å². The summed E-state index contributed by atoms with van der Waals surface area (Å²) in [6, 6.07) is 10.8. The molecular weight excluding hydrogens is 184 g/mol. The van der Waals surface area contributed by atoms with Gasteiger partial charge in [0, 0.05) is 6.04 Å². The second kappa shape index (κ2) is 3.69. The number of hydrogen-bond donors (Lipinski definition) is 1. The largest absolute Gasteiger partial charge is 0.387 e. The van der Waals surface area contributed by atoms with Crippen LogP contribution in [0.1, 0.15) is 32.3 Å². The Morgan fingerprint density at radius 2 is 1.87 bits per heavy atom. The summed E-state index contributed by atoms with van der Waals surface area (Å²) in [5.74, 6) is 0.809. The third-order valence-electron chi connectivity index (χ3n) is 2.96. The zero-order valence-electron chi connectivity index (χ0n) is 9.40. The first-order chi connectivity index (χ1) is 7.15. The van der Waals surface area contributed by atoms with E-state index in [0.717, 1.165) is 18.7 Å². The van der Waals surface area contributed by atoms with Crippen molar-refractivity contribution in [2.45, 2.75) is 38.1 Å². The second-order valence-electron chi connectivity index (χ2n) is 4.56. The average Bonchev–Trinajstić information content (AvgIpc) is 2.99. The van der Waals surface area contributed by atoms with Gasteiger partial charge < -0.3 is 5.73 Å². The van der Waals surface area contributed by atoms with Gasteiger partial charge in [-0.1, -0.05) is 30.3 Å². The molecule has 2 rings (SSSR count). The quantitative estimate of drug-likeness (QED) is 0.593. The third kappa shape index (κ3) is 1.89. The molecule has 15 heavy (non-hydrogen) atoms. The van der Waals surface area contributed by atoms with Crippen molar-refractivity contribution >= 4 is 5.84 Å². The highest BCUT2D eigenvalue weighted by Crippen LogP contribution is 2.48. The highest BCUT2D eigenvalue weighted by atomic mass is 14.9. The van der Waals surface area contributed by atoms with Crippen molar-refractivity contribution < 1.29 is 0 Å². The number of aliphatic imine (C=N–C) groups is 1. The van der Waals surface area contributed by atoms with Gasteiger partial charge in [0.1, 0.15) is 5.84 Å². The van der Waals surface area contributed by atoms with Crippen LogP contribution in [0.25, 0.3) is 0 Å². The summed E-state index contributed by atoms with van der Waals surface area (Å²) in [6.07, 6.45) is 2.28. The highest BCUT2D eigenvalue weighted by Gasteiger charge is 2.47. The topological polar surface area (TPSA) is 38.4 Å². The normalized spacial score (nSPS) is 19.3. The second-order valence-corrected chi connectivity index (χ2v) is 4.56. The van der Waals surface area contributed by atoms with E-state index in [2.05, 4.69) is 43.1 Å². The summed E-state index contributed by atoms with van der Waals surface area (Å²) in [4.78, 5) is 4.48. The first kappa shape index (κ1) is 10.2.